The minimum Gasteiger partial charge on any atom is -0.372 e. The van der Waals surface area contributed by atoms with Crippen LogP contribution in [0.15, 0.2) is 49.8 Å². The zero-order valence-electron chi connectivity index (χ0n) is 35.0. The number of nitrogens with zero attached hydrogens (tertiary/aromatic N) is 8. The van der Waals surface area contributed by atoms with E-state index in [1.54, 1.807) is 6.33 Å². The molecule has 2 atom stereocenters. The number of carbonyl (C=O) groups excluding carboxylic acids is 2. The number of amides is 2. The quantitative estimate of drug-likeness (QED) is 0.212. The highest BCUT2D eigenvalue weighted by Crippen LogP contribution is 2.45. The Kier molecular flexibility index (Phi) is 10.2. The highest BCUT2D eigenvalue weighted by molar-refractivity contribution is 5.87. The molecular formula is C48H54N8O4. The number of anilines is 2. The number of aromatic nitrogens is 4. The number of carbonyl (C=O) groups is 2. The van der Waals surface area contributed by atoms with E-state index in [1.807, 2.05) is 9.80 Å². The Balaban J connectivity index is 1.01. The summed E-state index contributed by atoms with van der Waals surface area (Å²) in [5.41, 5.74) is 16.4. The van der Waals surface area contributed by atoms with Gasteiger partial charge in [-0.15, -0.1) is 0 Å². The summed E-state index contributed by atoms with van der Waals surface area (Å²) < 4.78 is 12.1. The van der Waals surface area contributed by atoms with Crippen LogP contribution in [0.4, 0.5) is 11.6 Å². The third kappa shape index (κ3) is 6.77. The lowest BCUT2D eigenvalue weighted by molar-refractivity contribution is -0.127. The molecule has 0 spiro atoms. The zero-order chi connectivity index (χ0) is 41.1. The topological polar surface area (TPSA) is 117 Å². The third-order valence-electron chi connectivity index (χ3n) is 14.2. The molecule has 6 aliphatic rings. The Morgan fingerprint density at radius 1 is 0.667 bits per heavy atom. The first-order valence-electron chi connectivity index (χ1n) is 21.8. The highest BCUT2D eigenvalue weighted by Gasteiger charge is 2.35. The van der Waals surface area contributed by atoms with Crippen LogP contribution in [0.1, 0.15) is 91.7 Å². The third-order valence-corrected chi connectivity index (χ3v) is 14.2. The molecule has 0 saturated carbocycles. The van der Waals surface area contributed by atoms with Gasteiger partial charge >= 0.3 is 0 Å². The summed E-state index contributed by atoms with van der Waals surface area (Å²) in [6, 6.07) is 6.80. The standard InChI is InChI=1S/C48H54N8O4/c1-5-42(57)53-13-17-55(18-14-53)47-35-11-10-32(22-40(35)49-28-50-47)45-30(4)37(21-34-25-60-27-39(34)45)46-51-41-23-31(44-29(3)7-8-33-24-59-26-38(33)44)9-12-36(41)48(52-46)56-19-15-54(16-20-56)43(58)6-2/h5-8,21,28,31-32H,1-2,9-20,22-27H2,3-4H3/t31-,32+/m0/s1. The highest BCUT2D eigenvalue weighted by atomic mass is 16.5. The van der Waals surface area contributed by atoms with Crippen LogP contribution in [0, 0.1) is 13.8 Å². The van der Waals surface area contributed by atoms with E-state index in [0.717, 1.165) is 86.0 Å². The number of rotatable bonds is 7. The molecule has 12 nitrogen and oxygen atoms in total. The molecule has 2 saturated heterocycles. The fourth-order valence-corrected chi connectivity index (χ4v) is 11.0. The van der Waals surface area contributed by atoms with E-state index in [0.29, 0.717) is 71.6 Å². The molecule has 6 heterocycles. The van der Waals surface area contributed by atoms with Crippen LogP contribution in [0.2, 0.25) is 0 Å². The number of ether oxygens (including phenoxy) is 2. The van der Waals surface area contributed by atoms with Crippen molar-refractivity contribution in [3.8, 4) is 11.4 Å². The van der Waals surface area contributed by atoms with E-state index in [9.17, 15) is 9.59 Å². The molecule has 310 valence electrons. The van der Waals surface area contributed by atoms with E-state index < -0.39 is 0 Å². The second-order valence-electron chi connectivity index (χ2n) is 17.4. The molecule has 0 radical (unpaired) electrons. The van der Waals surface area contributed by atoms with E-state index in [2.05, 4.69) is 55.0 Å². The molecule has 4 aromatic rings. The van der Waals surface area contributed by atoms with Gasteiger partial charge in [-0.3, -0.25) is 9.59 Å². The van der Waals surface area contributed by atoms with Gasteiger partial charge in [0.25, 0.3) is 0 Å². The minimum absolute atomic E-state index is 0.0158. The first kappa shape index (κ1) is 38.7. The first-order chi connectivity index (χ1) is 29.3. The summed E-state index contributed by atoms with van der Waals surface area (Å²) >= 11 is 0. The van der Waals surface area contributed by atoms with Gasteiger partial charge in [-0.1, -0.05) is 25.3 Å². The predicted octanol–water partition coefficient (Wildman–Crippen LogP) is 5.83. The average molecular weight is 807 g/mol. The van der Waals surface area contributed by atoms with Crippen LogP contribution < -0.4 is 9.80 Å². The Bertz CT molecular complexity index is 2410. The summed E-state index contributed by atoms with van der Waals surface area (Å²) in [4.78, 5) is 54.0. The molecule has 10 rings (SSSR count). The SMILES string of the molecule is C=CC(=O)N1CCN(c2ncnc3c2CC[C@@H](c2c(C)c(-c4nc5c(c(N6CCN(C(=O)C=C)CC6)n4)CC[C@H](c4c(C)ccc6c4COC6)C5)cc4c2COC4)C3)CC1. The summed E-state index contributed by atoms with van der Waals surface area (Å²) in [7, 11) is 0. The fraction of sp³-hybridized carbons (Fsp3) is 0.458. The molecule has 2 aromatic heterocycles. The van der Waals surface area contributed by atoms with Gasteiger partial charge < -0.3 is 29.1 Å². The number of benzene rings is 2. The van der Waals surface area contributed by atoms with Crippen molar-refractivity contribution in [2.75, 3.05) is 62.2 Å². The van der Waals surface area contributed by atoms with Gasteiger partial charge in [0.1, 0.15) is 18.0 Å². The van der Waals surface area contributed by atoms with E-state index >= 15 is 0 Å². The van der Waals surface area contributed by atoms with Crippen molar-refractivity contribution in [2.24, 2.45) is 0 Å². The smallest absolute Gasteiger partial charge is 0.246 e. The number of aryl methyl sites for hydroxylation is 1. The largest absolute Gasteiger partial charge is 0.372 e. The monoisotopic (exact) mass is 806 g/mol. The van der Waals surface area contributed by atoms with E-state index in [4.69, 9.17) is 29.4 Å². The van der Waals surface area contributed by atoms with Crippen LogP contribution in [0.5, 0.6) is 0 Å². The zero-order valence-corrected chi connectivity index (χ0v) is 35.0. The van der Waals surface area contributed by atoms with Crippen molar-refractivity contribution in [1.82, 2.24) is 29.7 Å². The van der Waals surface area contributed by atoms with Gasteiger partial charge in [-0.25, -0.2) is 19.9 Å². The van der Waals surface area contributed by atoms with E-state index in [1.165, 1.54) is 67.8 Å². The summed E-state index contributed by atoms with van der Waals surface area (Å²) in [6.45, 7) is 19.9. The van der Waals surface area contributed by atoms with Crippen molar-refractivity contribution in [3.05, 3.63) is 117 Å². The molecule has 0 unspecified atom stereocenters. The normalized spacial score (nSPS) is 21.0. The Morgan fingerprint density at radius 3 is 1.92 bits per heavy atom. The van der Waals surface area contributed by atoms with Gasteiger partial charge in [0, 0.05) is 74.7 Å². The Morgan fingerprint density at radius 2 is 1.25 bits per heavy atom. The van der Waals surface area contributed by atoms with Crippen molar-refractivity contribution in [2.45, 2.75) is 90.6 Å². The lowest BCUT2D eigenvalue weighted by atomic mass is 9.77. The maximum absolute atomic E-state index is 12.6. The summed E-state index contributed by atoms with van der Waals surface area (Å²) in [6.07, 6.45) is 10.0. The van der Waals surface area contributed by atoms with Crippen molar-refractivity contribution in [1.29, 1.82) is 0 Å². The number of fused-ring (bicyclic) bond motifs is 4. The maximum Gasteiger partial charge on any atom is 0.246 e. The van der Waals surface area contributed by atoms with Crippen LogP contribution in [-0.4, -0.2) is 93.9 Å². The molecule has 2 aromatic carbocycles. The van der Waals surface area contributed by atoms with Crippen LogP contribution in [-0.2, 0) is 71.2 Å². The molecule has 2 aliphatic carbocycles. The van der Waals surface area contributed by atoms with Crippen LogP contribution in [0.3, 0.4) is 0 Å². The summed E-state index contributed by atoms with van der Waals surface area (Å²) in [5, 5.41) is 0. The molecule has 0 bridgehead atoms. The molecule has 0 N–H and O–H groups in total. The van der Waals surface area contributed by atoms with Gasteiger partial charge in [-0.05, 0) is 127 Å². The first-order valence-corrected chi connectivity index (χ1v) is 21.8. The van der Waals surface area contributed by atoms with Crippen LogP contribution >= 0.6 is 0 Å². The summed E-state index contributed by atoms with van der Waals surface area (Å²) in [5.74, 6) is 3.38. The minimum atomic E-state index is -0.0195. The molecule has 4 aliphatic heterocycles. The lowest BCUT2D eigenvalue weighted by Crippen LogP contribution is -2.49. The van der Waals surface area contributed by atoms with Gasteiger partial charge in [0.15, 0.2) is 5.82 Å². The van der Waals surface area contributed by atoms with Crippen molar-refractivity contribution < 1.29 is 19.1 Å². The average Bonchev–Trinajstić information content (AvgIpc) is 3.97. The second-order valence-corrected chi connectivity index (χ2v) is 17.4. The van der Waals surface area contributed by atoms with E-state index in [-0.39, 0.29) is 17.7 Å². The van der Waals surface area contributed by atoms with Crippen molar-refractivity contribution in [3.63, 3.8) is 0 Å². The molecule has 2 amide bonds. The number of piperazine rings is 2. The van der Waals surface area contributed by atoms with Crippen molar-refractivity contribution >= 4 is 23.5 Å². The Labute approximate surface area is 352 Å². The fourth-order valence-electron chi connectivity index (χ4n) is 11.0. The van der Waals surface area contributed by atoms with Crippen LogP contribution in [0.25, 0.3) is 11.4 Å². The lowest BCUT2D eigenvalue weighted by Gasteiger charge is -2.37. The number of hydrogen-bond donors (Lipinski definition) is 0. The molecule has 2 fully saturated rings. The maximum atomic E-state index is 12.6. The molecule has 60 heavy (non-hydrogen) atoms. The predicted molar refractivity (Wildman–Crippen MR) is 230 cm³/mol. The van der Waals surface area contributed by atoms with Gasteiger partial charge in [0.05, 0.1) is 32.1 Å². The molecular weight excluding hydrogens is 753 g/mol. The second kappa shape index (κ2) is 15.9. The molecule has 12 heteroatoms. The number of hydrogen-bond acceptors (Lipinski definition) is 10. The van der Waals surface area contributed by atoms with Gasteiger partial charge in [-0.2, -0.15) is 0 Å². The Hall–Kier alpha value is -5.46. The van der Waals surface area contributed by atoms with Gasteiger partial charge in [0.2, 0.25) is 11.8 Å².